The molecule has 0 heterocycles. The van der Waals surface area contributed by atoms with Gasteiger partial charge < -0.3 is 15.3 Å². The third kappa shape index (κ3) is 2.08. The van der Waals surface area contributed by atoms with Gasteiger partial charge in [-0.15, -0.1) is 0 Å². The summed E-state index contributed by atoms with van der Waals surface area (Å²) in [5, 5.41) is 31.7. The minimum atomic E-state index is -1.56. The molecule has 0 unspecified atom stereocenters. The molecule has 0 aromatic heterocycles. The van der Waals surface area contributed by atoms with Crippen molar-refractivity contribution in [3.05, 3.63) is 23.8 Å². The number of rotatable bonds is 2. The van der Waals surface area contributed by atoms with Crippen LogP contribution in [0.4, 0.5) is 0 Å². The van der Waals surface area contributed by atoms with Crippen molar-refractivity contribution in [1.29, 1.82) is 0 Å². The highest BCUT2D eigenvalue weighted by atomic mass is 16.3. The molecule has 0 aromatic rings. The first-order chi connectivity index (χ1) is 12.2. The molecule has 3 saturated carbocycles. The third-order valence-corrected chi connectivity index (χ3v) is 8.25. The Hall–Kier alpha value is -1.30. The molecule has 0 aliphatic heterocycles. The van der Waals surface area contributed by atoms with Crippen molar-refractivity contribution in [3.63, 3.8) is 0 Å². The summed E-state index contributed by atoms with van der Waals surface area (Å²) in [5.41, 5.74) is -1.54. The van der Waals surface area contributed by atoms with Crippen molar-refractivity contribution in [1.82, 2.24) is 0 Å². The van der Waals surface area contributed by atoms with Crippen molar-refractivity contribution in [2.45, 2.75) is 57.7 Å². The van der Waals surface area contributed by atoms with Crippen molar-refractivity contribution in [2.75, 3.05) is 6.61 Å². The molecule has 4 aliphatic rings. The summed E-state index contributed by atoms with van der Waals surface area (Å²) in [4.78, 5) is 24.2. The van der Waals surface area contributed by atoms with E-state index in [1.165, 1.54) is 0 Å². The van der Waals surface area contributed by atoms with E-state index >= 15 is 0 Å². The average molecular weight is 360 g/mol. The fourth-order valence-corrected chi connectivity index (χ4v) is 6.92. The van der Waals surface area contributed by atoms with Crippen LogP contribution < -0.4 is 0 Å². The first-order valence-electron chi connectivity index (χ1n) is 9.66. The molecular weight excluding hydrogens is 332 g/mol. The summed E-state index contributed by atoms with van der Waals surface area (Å²) < 4.78 is 0. The lowest BCUT2D eigenvalue weighted by molar-refractivity contribution is -0.178. The molecule has 3 N–H and O–H groups in total. The number of carbonyl (C=O) groups excluding carboxylic acids is 2. The Kier molecular flexibility index (Phi) is 3.89. The SMILES string of the molecule is C[C@]12C=CC(=O)C=C1CC[C@@H]1[C@@H]2[C@H](O)C[C@@]2(C)[C@@H]1CC[C@]2(O)C(=O)CO. The van der Waals surface area contributed by atoms with Crippen LogP contribution in [-0.4, -0.2) is 45.2 Å². The molecule has 4 aliphatic carbocycles. The maximum Gasteiger partial charge on any atom is 0.190 e. The van der Waals surface area contributed by atoms with Crippen LogP contribution in [0.1, 0.15) is 46.0 Å². The normalized spacial score (nSPS) is 49.9. The quantitative estimate of drug-likeness (QED) is 0.695. The second kappa shape index (κ2) is 5.60. The Labute approximate surface area is 153 Å². The Bertz CT molecular complexity index is 724. The second-order valence-electron chi connectivity index (χ2n) is 9.19. The molecule has 5 nitrogen and oxygen atoms in total. The second-order valence-corrected chi connectivity index (χ2v) is 9.19. The summed E-state index contributed by atoms with van der Waals surface area (Å²) in [6.07, 6.45) is 7.68. The minimum absolute atomic E-state index is 0.00912. The van der Waals surface area contributed by atoms with Gasteiger partial charge in [0.2, 0.25) is 0 Å². The molecule has 0 spiro atoms. The van der Waals surface area contributed by atoms with Gasteiger partial charge in [-0.05, 0) is 56.1 Å². The molecule has 0 radical (unpaired) electrons. The van der Waals surface area contributed by atoms with E-state index in [-0.39, 0.29) is 29.0 Å². The maximum absolute atomic E-state index is 12.4. The zero-order chi connectivity index (χ0) is 18.9. The highest BCUT2D eigenvalue weighted by Gasteiger charge is 2.67. The van der Waals surface area contributed by atoms with Crippen molar-refractivity contribution >= 4 is 11.6 Å². The topological polar surface area (TPSA) is 94.8 Å². The van der Waals surface area contributed by atoms with Gasteiger partial charge in [-0.25, -0.2) is 0 Å². The van der Waals surface area contributed by atoms with E-state index in [0.717, 1.165) is 24.8 Å². The molecule has 26 heavy (non-hydrogen) atoms. The summed E-state index contributed by atoms with van der Waals surface area (Å²) in [5.74, 6) is -0.227. The van der Waals surface area contributed by atoms with Gasteiger partial charge in [-0.1, -0.05) is 25.5 Å². The van der Waals surface area contributed by atoms with Crippen molar-refractivity contribution in [3.8, 4) is 0 Å². The van der Waals surface area contributed by atoms with Crippen LogP contribution in [0, 0.1) is 28.6 Å². The van der Waals surface area contributed by atoms with E-state index in [1.54, 1.807) is 12.2 Å². The number of hydrogen-bond acceptors (Lipinski definition) is 5. The maximum atomic E-state index is 12.4. The number of allylic oxidation sites excluding steroid dienone is 4. The van der Waals surface area contributed by atoms with E-state index < -0.39 is 29.5 Å². The van der Waals surface area contributed by atoms with Crippen LogP contribution in [-0.2, 0) is 9.59 Å². The third-order valence-electron chi connectivity index (χ3n) is 8.25. The van der Waals surface area contributed by atoms with Crippen LogP contribution in [0.3, 0.4) is 0 Å². The van der Waals surface area contributed by atoms with Crippen LogP contribution >= 0.6 is 0 Å². The summed E-state index contributed by atoms with van der Waals surface area (Å²) in [6.45, 7) is 3.34. The van der Waals surface area contributed by atoms with E-state index in [2.05, 4.69) is 6.92 Å². The lowest BCUT2D eigenvalue weighted by Gasteiger charge is -2.59. The Balaban J connectivity index is 1.75. The lowest BCUT2D eigenvalue weighted by atomic mass is 9.46. The molecule has 142 valence electrons. The fourth-order valence-electron chi connectivity index (χ4n) is 6.92. The van der Waals surface area contributed by atoms with Gasteiger partial charge in [-0.3, -0.25) is 9.59 Å². The van der Waals surface area contributed by atoms with Gasteiger partial charge in [0, 0.05) is 16.7 Å². The van der Waals surface area contributed by atoms with Crippen LogP contribution in [0.25, 0.3) is 0 Å². The molecule has 0 aromatic carbocycles. The van der Waals surface area contributed by atoms with Crippen LogP contribution in [0.2, 0.25) is 0 Å². The van der Waals surface area contributed by atoms with E-state index in [9.17, 15) is 24.9 Å². The fraction of sp³-hybridized carbons (Fsp3) is 0.714. The smallest absolute Gasteiger partial charge is 0.190 e. The molecular formula is C21H28O5. The number of carbonyl (C=O) groups is 2. The average Bonchev–Trinajstić information content (AvgIpc) is 2.86. The number of aliphatic hydroxyl groups is 3. The van der Waals surface area contributed by atoms with Gasteiger partial charge in [0.1, 0.15) is 12.2 Å². The van der Waals surface area contributed by atoms with E-state index in [1.807, 2.05) is 13.0 Å². The van der Waals surface area contributed by atoms with Crippen LogP contribution in [0.5, 0.6) is 0 Å². The summed E-state index contributed by atoms with van der Waals surface area (Å²) in [6, 6.07) is 0. The first-order valence-corrected chi connectivity index (χ1v) is 9.66. The predicted molar refractivity (Wildman–Crippen MR) is 95.0 cm³/mol. The van der Waals surface area contributed by atoms with Gasteiger partial charge >= 0.3 is 0 Å². The van der Waals surface area contributed by atoms with Gasteiger partial charge in [0.25, 0.3) is 0 Å². The van der Waals surface area contributed by atoms with E-state index in [4.69, 9.17) is 0 Å². The molecule has 4 rings (SSSR count). The summed E-state index contributed by atoms with van der Waals surface area (Å²) >= 11 is 0. The number of fused-ring (bicyclic) bond motifs is 5. The molecule has 3 fully saturated rings. The number of aliphatic hydroxyl groups excluding tert-OH is 2. The monoisotopic (exact) mass is 360 g/mol. The Morgan fingerprint density at radius 2 is 2.04 bits per heavy atom. The van der Waals surface area contributed by atoms with Gasteiger partial charge in [0.05, 0.1) is 6.10 Å². The largest absolute Gasteiger partial charge is 0.393 e. The number of ketones is 2. The highest BCUT2D eigenvalue weighted by Crippen LogP contribution is 2.67. The van der Waals surface area contributed by atoms with Crippen LogP contribution in [0.15, 0.2) is 23.8 Å². The summed E-state index contributed by atoms with van der Waals surface area (Å²) in [7, 11) is 0. The Morgan fingerprint density at radius 3 is 2.73 bits per heavy atom. The lowest BCUT2D eigenvalue weighted by Crippen LogP contribution is -2.61. The molecule has 7 atom stereocenters. The predicted octanol–water partition coefficient (Wildman–Crippen LogP) is 1.56. The zero-order valence-electron chi connectivity index (χ0n) is 15.4. The molecule has 0 saturated heterocycles. The van der Waals surface area contributed by atoms with E-state index in [0.29, 0.717) is 12.8 Å². The highest BCUT2D eigenvalue weighted by molar-refractivity contribution is 6.01. The molecule has 0 amide bonds. The van der Waals surface area contributed by atoms with Gasteiger partial charge in [0.15, 0.2) is 11.6 Å². The standard InChI is InChI=1S/C21H28O5/c1-19-7-5-13(23)9-12(19)3-4-14-15-6-8-21(26,17(25)11-22)20(15,2)10-16(24)18(14)19/h5,7,9,14-16,18,22,24,26H,3-4,6,8,10-11H2,1-2H3/t14-,15+,16+,18+,19-,20-,21-/m0/s1. The number of Topliss-reactive ketones (excluding diaryl/α,β-unsaturated/α-hetero) is 1. The molecule has 0 bridgehead atoms. The first kappa shape index (κ1) is 18.1. The van der Waals surface area contributed by atoms with Gasteiger partial charge in [-0.2, -0.15) is 0 Å². The Morgan fingerprint density at radius 1 is 1.31 bits per heavy atom. The molecule has 5 heteroatoms. The van der Waals surface area contributed by atoms with Crippen molar-refractivity contribution < 1.29 is 24.9 Å². The van der Waals surface area contributed by atoms with Crippen molar-refractivity contribution in [2.24, 2.45) is 28.6 Å². The number of hydrogen-bond donors (Lipinski definition) is 3. The minimum Gasteiger partial charge on any atom is -0.393 e. The zero-order valence-corrected chi connectivity index (χ0v) is 15.4.